The summed E-state index contributed by atoms with van der Waals surface area (Å²) >= 11 is 0. The SMILES string of the molecule is [2H]C1([2H])CCN(c2ccn3ncc(NC(=O)N4CCC(O)C4)c3n2)C1([2H])c1cc(F)ccc1F. The molecule has 162 valence electrons. The highest BCUT2D eigenvalue weighted by Gasteiger charge is 2.30. The van der Waals surface area contributed by atoms with Crippen molar-refractivity contribution in [3.63, 3.8) is 0 Å². The quantitative estimate of drug-likeness (QED) is 0.666. The Morgan fingerprint density at radius 3 is 3.00 bits per heavy atom. The molecule has 2 saturated heterocycles. The summed E-state index contributed by atoms with van der Waals surface area (Å²) in [7, 11) is 0. The topological polar surface area (TPSA) is 86.0 Å². The summed E-state index contributed by atoms with van der Waals surface area (Å²) < 4.78 is 55.9. The maximum absolute atomic E-state index is 14.7. The molecular formula is C21H22F2N6O2. The van der Waals surface area contributed by atoms with Crippen molar-refractivity contribution >= 4 is 23.2 Å². The minimum absolute atomic E-state index is 0.0388. The molecule has 0 aliphatic carbocycles. The highest BCUT2D eigenvalue weighted by atomic mass is 19.1. The number of β-amino-alcohol motifs (C(OH)–C–C–N with tert-alkyl or cyclic N) is 1. The zero-order chi connectivity index (χ0) is 24.3. The molecule has 2 aliphatic heterocycles. The Morgan fingerprint density at radius 2 is 2.19 bits per heavy atom. The zero-order valence-electron chi connectivity index (χ0n) is 19.4. The smallest absolute Gasteiger partial charge is 0.322 e. The number of amides is 2. The summed E-state index contributed by atoms with van der Waals surface area (Å²) in [4.78, 5) is 19.8. The van der Waals surface area contributed by atoms with Crippen molar-refractivity contribution in [2.45, 2.75) is 31.3 Å². The van der Waals surface area contributed by atoms with Crippen LogP contribution in [0.5, 0.6) is 0 Å². The molecule has 0 saturated carbocycles. The molecule has 0 spiro atoms. The molecule has 4 heterocycles. The average Bonchev–Trinajstić information content (AvgIpc) is 3.47. The van der Waals surface area contributed by atoms with Gasteiger partial charge < -0.3 is 20.2 Å². The summed E-state index contributed by atoms with van der Waals surface area (Å²) in [6.45, 7) is 0.665. The Balaban J connectivity index is 1.53. The number of carbonyl (C=O) groups excluding carboxylic acids is 1. The fourth-order valence-electron chi connectivity index (χ4n) is 3.86. The number of nitrogens with one attached hydrogen (secondary N) is 1. The van der Waals surface area contributed by atoms with Gasteiger partial charge in [-0.25, -0.2) is 23.1 Å². The van der Waals surface area contributed by atoms with Gasteiger partial charge in [0, 0.05) is 34.1 Å². The van der Waals surface area contributed by atoms with Crippen LogP contribution in [0, 0.1) is 11.6 Å². The van der Waals surface area contributed by atoms with Crippen molar-refractivity contribution in [1.82, 2.24) is 19.5 Å². The van der Waals surface area contributed by atoms with Crippen LogP contribution in [0.25, 0.3) is 5.65 Å². The van der Waals surface area contributed by atoms with Crippen LogP contribution in [-0.2, 0) is 0 Å². The number of fused-ring (bicyclic) bond motifs is 1. The molecule has 8 nitrogen and oxygen atoms in total. The third-order valence-electron chi connectivity index (χ3n) is 5.40. The number of anilines is 2. The first-order chi connectivity index (χ1) is 16.1. The van der Waals surface area contributed by atoms with Gasteiger partial charge >= 0.3 is 6.03 Å². The maximum Gasteiger partial charge on any atom is 0.322 e. The lowest BCUT2D eigenvalue weighted by atomic mass is 10.0. The minimum atomic E-state index is -2.28. The lowest BCUT2D eigenvalue weighted by Gasteiger charge is -2.26. The van der Waals surface area contributed by atoms with Gasteiger partial charge in [-0.15, -0.1) is 0 Å². The number of aliphatic hydroxyl groups excluding tert-OH is 1. The van der Waals surface area contributed by atoms with Crippen molar-refractivity contribution in [1.29, 1.82) is 0 Å². The van der Waals surface area contributed by atoms with Crippen molar-refractivity contribution in [2.75, 3.05) is 29.9 Å². The molecule has 2 amide bonds. The van der Waals surface area contributed by atoms with E-state index in [0.717, 1.165) is 18.2 Å². The van der Waals surface area contributed by atoms with Crippen LogP contribution in [0.15, 0.2) is 36.7 Å². The molecule has 10 heteroatoms. The summed E-state index contributed by atoms with van der Waals surface area (Å²) in [5, 5.41) is 16.5. The Hall–Kier alpha value is -3.27. The normalized spacial score (nSPS) is 26.7. The van der Waals surface area contributed by atoms with Crippen LogP contribution in [0.1, 0.15) is 34.9 Å². The van der Waals surface area contributed by atoms with E-state index >= 15 is 0 Å². The number of carbonyl (C=O) groups is 1. The van der Waals surface area contributed by atoms with Crippen molar-refractivity contribution in [3.05, 3.63) is 53.9 Å². The van der Waals surface area contributed by atoms with Gasteiger partial charge in [-0.3, -0.25) is 0 Å². The summed E-state index contributed by atoms with van der Waals surface area (Å²) in [5.41, 5.74) is 0.0920. The van der Waals surface area contributed by atoms with Gasteiger partial charge in [-0.1, -0.05) is 0 Å². The molecule has 0 bridgehead atoms. The van der Waals surface area contributed by atoms with Gasteiger partial charge in [0.1, 0.15) is 23.1 Å². The van der Waals surface area contributed by atoms with Gasteiger partial charge in [0.25, 0.3) is 0 Å². The monoisotopic (exact) mass is 431 g/mol. The third kappa shape index (κ3) is 3.67. The van der Waals surface area contributed by atoms with Gasteiger partial charge in [-0.05, 0) is 43.5 Å². The molecule has 2 fully saturated rings. The lowest BCUT2D eigenvalue weighted by Crippen LogP contribution is -2.33. The number of hydrogen-bond acceptors (Lipinski definition) is 5. The van der Waals surface area contributed by atoms with E-state index in [4.69, 9.17) is 4.11 Å². The van der Waals surface area contributed by atoms with E-state index in [1.54, 1.807) is 0 Å². The van der Waals surface area contributed by atoms with E-state index in [1.165, 1.54) is 32.8 Å². The first-order valence-corrected chi connectivity index (χ1v) is 9.92. The number of rotatable bonds is 3. The first-order valence-electron chi connectivity index (χ1n) is 11.4. The number of aliphatic hydroxyl groups is 1. The van der Waals surface area contributed by atoms with Crippen LogP contribution >= 0.6 is 0 Å². The third-order valence-corrected chi connectivity index (χ3v) is 5.40. The van der Waals surface area contributed by atoms with Crippen LogP contribution in [0.4, 0.5) is 25.1 Å². The molecule has 31 heavy (non-hydrogen) atoms. The predicted molar refractivity (Wildman–Crippen MR) is 110 cm³/mol. The molecule has 2 N–H and O–H groups in total. The van der Waals surface area contributed by atoms with Crippen LogP contribution in [0.2, 0.25) is 0 Å². The second-order valence-corrected chi connectivity index (χ2v) is 7.48. The molecule has 0 radical (unpaired) electrons. The Morgan fingerprint density at radius 1 is 1.32 bits per heavy atom. The Bertz CT molecular complexity index is 1270. The molecule has 2 aromatic heterocycles. The Labute approximate surface area is 181 Å². The highest BCUT2D eigenvalue weighted by Crippen LogP contribution is 2.37. The van der Waals surface area contributed by atoms with E-state index in [-0.39, 0.29) is 36.7 Å². The molecular weight excluding hydrogens is 406 g/mol. The van der Waals surface area contributed by atoms with Gasteiger partial charge in [0.05, 0.1) is 19.7 Å². The van der Waals surface area contributed by atoms with Gasteiger partial charge in [0.2, 0.25) is 0 Å². The number of hydrogen-bond donors (Lipinski definition) is 2. The average molecular weight is 431 g/mol. The summed E-state index contributed by atoms with van der Waals surface area (Å²) in [6, 6.07) is 1.44. The van der Waals surface area contributed by atoms with Crippen molar-refractivity contribution in [3.8, 4) is 0 Å². The molecule has 2 aliphatic rings. The first kappa shape index (κ1) is 16.4. The number of aromatic nitrogens is 3. The highest BCUT2D eigenvalue weighted by molar-refractivity contribution is 5.93. The number of nitrogens with zero attached hydrogens (tertiary/aromatic N) is 5. The van der Waals surface area contributed by atoms with E-state index in [9.17, 15) is 18.7 Å². The molecule has 3 aromatic rings. The standard InChI is InChI=1S/C21H22F2N6O2/c22-13-3-4-16(23)15(10-13)18-2-1-7-28(18)19-6-9-29-20(26-19)17(11-24-29)25-21(31)27-8-5-14(30)12-27/h3-4,6,9-11,14,18,30H,1-2,5,7-8,12H2,(H,25,31)/i2D2,18D. The predicted octanol–water partition coefficient (Wildman–Crippen LogP) is 2.95. The molecule has 2 unspecified atom stereocenters. The fraction of sp³-hybridized carbons (Fsp3) is 0.381. The minimum Gasteiger partial charge on any atom is -0.391 e. The van der Waals surface area contributed by atoms with E-state index in [1.807, 2.05) is 0 Å². The Kier molecular flexibility index (Phi) is 4.12. The summed E-state index contributed by atoms with van der Waals surface area (Å²) in [5.74, 6) is -1.51. The second-order valence-electron chi connectivity index (χ2n) is 7.48. The molecule has 1 aromatic carbocycles. The largest absolute Gasteiger partial charge is 0.391 e. The number of likely N-dealkylation sites (tertiary alicyclic amines) is 1. The van der Waals surface area contributed by atoms with E-state index in [2.05, 4.69) is 15.4 Å². The van der Waals surface area contributed by atoms with E-state index < -0.39 is 41.7 Å². The summed E-state index contributed by atoms with van der Waals surface area (Å²) in [6.07, 6.45) is 0.549. The van der Waals surface area contributed by atoms with Crippen molar-refractivity contribution in [2.24, 2.45) is 0 Å². The number of urea groups is 1. The maximum atomic E-state index is 14.7. The van der Waals surface area contributed by atoms with Gasteiger partial charge in [0.15, 0.2) is 5.65 Å². The van der Waals surface area contributed by atoms with Gasteiger partial charge in [-0.2, -0.15) is 5.10 Å². The van der Waals surface area contributed by atoms with Crippen LogP contribution < -0.4 is 10.2 Å². The van der Waals surface area contributed by atoms with Crippen LogP contribution in [0.3, 0.4) is 0 Å². The fourth-order valence-corrected chi connectivity index (χ4v) is 3.86. The number of benzene rings is 1. The second kappa shape index (κ2) is 7.77. The van der Waals surface area contributed by atoms with E-state index in [0.29, 0.717) is 13.0 Å². The lowest BCUT2D eigenvalue weighted by molar-refractivity contribution is 0.176. The number of halogens is 2. The molecule has 2 atom stereocenters. The van der Waals surface area contributed by atoms with Crippen LogP contribution in [-0.4, -0.2) is 56.4 Å². The van der Waals surface area contributed by atoms with Crippen molar-refractivity contribution < 1.29 is 22.8 Å². The molecule has 5 rings (SSSR count). The zero-order valence-corrected chi connectivity index (χ0v) is 16.4.